The van der Waals surface area contributed by atoms with Gasteiger partial charge in [0.15, 0.2) is 0 Å². The fourth-order valence-corrected chi connectivity index (χ4v) is 4.24. The number of non-ortho nitro benzene ring substituents is 1. The fraction of sp³-hybridized carbons (Fsp3) is 0.0714. The molecule has 0 heterocycles. The van der Waals surface area contributed by atoms with Crippen molar-refractivity contribution in [3.63, 3.8) is 0 Å². The molecule has 126 valence electrons. The van der Waals surface area contributed by atoms with E-state index in [-0.39, 0.29) is 16.3 Å². The number of para-hydroxylation sites is 1. The zero-order chi connectivity index (χ0) is 17.9. The number of hydrogen-bond acceptors (Lipinski definition) is 5. The van der Waals surface area contributed by atoms with Crippen LogP contribution in [-0.2, 0) is 14.8 Å². The SMILES string of the molecule is O=C(Cl)CN(c1ccccc1Br)S(=O)(=O)c1cccc([N+](=O)[O-])c1. The minimum Gasteiger partial charge on any atom is -0.279 e. The molecule has 0 fully saturated rings. The first-order chi connectivity index (χ1) is 11.2. The van der Waals surface area contributed by atoms with Crippen LogP contribution in [0.1, 0.15) is 0 Å². The normalized spacial score (nSPS) is 11.1. The Morgan fingerprint density at radius 3 is 2.46 bits per heavy atom. The van der Waals surface area contributed by atoms with Crippen molar-refractivity contribution >= 4 is 54.2 Å². The van der Waals surface area contributed by atoms with Gasteiger partial charge in [-0.2, -0.15) is 0 Å². The molecule has 0 bridgehead atoms. The average Bonchev–Trinajstić information content (AvgIpc) is 2.53. The number of sulfonamides is 1. The van der Waals surface area contributed by atoms with E-state index in [1.165, 1.54) is 24.3 Å². The number of nitrogens with zero attached hydrogens (tertiary/aromatic N) is 2. The van der Waals surface area contributed by atoms with E-state index in [9.17, 15) is 23.3 Å². The average molecular weight is 434 g/mol. The van der Waals surface area contributed by atoms with Crippen LogP contribution in [0.3, 0.4) is 0 Å². The molecule has 0 aliphatic heterocycles. The smallest absolute Gasteiger partial charge is 0.270 e. The van der Waals surface area contributed by atoms with Gasteiger partial charge in [0.2, 0.25) is 5.24 Å². The molecule has 10 heteroatoms. The van der Waals surface area contributed by atoms with Crippen molar-refractivity contribution in [1.82, 2.24) is 0 Å². The molecule has 0 spiro atoms. The number of nitro benzene ring substituents is 1. The molecule has 2 aromatic carbocycles. The van der Waals surface area contributed by atoms with Crippen LogP contribution >= 0.6 is 27.5 Å². The molecule has 0 radical (unpaired) electrons. The van der Waals surface area contributed by atoms with Gasteiger partial charge >= 0.3 is 0 Å². The molecule has 2 aromatic rings. The molecule has 0 aromatic heterocycles. The minimum atomic E-state index is -4.23. The van der Waals surface area contributed by atoms with E-state index in [4.69, 9.17) is 11.6 Å². The minimum absolute atomic E-state index is 0.193. The summed E-state index contributed by atoms with van der Waals surface area (Å²) in [6, 6.07) is 10.9. The highest BCUT2D eigenvalue weighted by Gasteiger charge is 2.29. The summed E-state index contributed by atoms with van der Waals surface area (Å²) in [6.07, 6.45) is 0. The van der Waals surface area contributed by atoms with Crippen molar-refractivity contribution in [2.45, 2.75) is 4.90 Å². The van der Waals surface area contributed by atoms with Crippen LogP contribution in [0.2, 0.25) is 0 Å². The summed E-state index contributed by atoms with van der Waals surface area (Å²) in [5.41, 5.74) is -0.182. The standard InChI is InChI=1S/C14H10BrClN2O5S/c15-12-6-1-2-7-13(12)17(9-14(16)19)24(22,23)11-5-3-4-10(8-11)18(20)21/h1-8H,9H2. The van der Waals surface area contributed by atoms with Gasteiger partial charge in [0.1, 0.15) is 6.54 Å². The number of carbonyl (C=O) groups is 1. The Balaban J connectivity index is 2.60. The summed E-state index contributed by atoms with van der Waals surface area (Å²) in [4.78, 5) is 21.2. The first-order valence-electron chi connectivity index (χ1n) is 6.43. The maximum Gasteiger partial charge on any atom is 0.270 e. The molecule has 2 rings (SSSR count). The highest BCUT2D eigenvalue weighted by molar-refractivity contribution is 9.10. The molecule has 0 atom stereocenters. The second kappa shape index (κ2) is 7.29. The molecular weight excluding hydrogens is 424 g/mol. The summed E-state index contributed by atoms with van der Waals surface area (Å²) >= 11 is 8.60. The van der Waals surface area contributed by atoms with Crippen LogP contribution in [0.15, 0.2) is 57.9 Å². The lowest BCUT2D eigenvalue weighted by molar-refractivity contribution is -0.385. The number of rotatable bonds is 6. The quantitative estimate of drug-likeness (QED) is 0.395. The van der Waals surface area contributed by atoms with Crippen molar-refractivity contribution in [2.75, 3.05) is 10.8 Å². The summed E-state index contributed by atoms with van der Waals surface area (Å²) in [7, 11) is -4.23. The van der Waals surface area contributed by atoms with E-state index >= 15 is 0 Å². The maximum absolute atomic E-state index is 12.9. The first-order valence-corrected chi connectivity index (χ1v) is 9.04. The molecule has 0 saturated heterocycles. The maximum atomic E-state index is 12.9. The molecule has 0 saturated carbocycles. The zero-order valence-corrected chi connectivity index (χ0v) is 15.1. The van der Waals surface area contributed by atoms with E-state index in [0.717, 1.165) is 10.4 Å². The van der Waals surface area contributed by atoms with Crippen molar-refractivity contribution in [1.29, 1.82) is 0 Å². The summed E-state index contributed by atoms with van der Waals surface area (Å²) in [5, 5.41) is 9.98. The van der Waals surface area contributed by atoms with Gasteiger partial charge in [-0.25, -0.2) is 8.42 Å². The van der Waals surface area contributed by atoms with Gasteiger partial charge in [0.25, 0.3) is 15.7 Å². The Kier molecular flexibility index (Phi) is 5.58. The van der Waals surface area contributed by atoms with E-state index in [1.54, 1.807) is 18.2 Å². The predicted octanol–water partition coefficient (Wildman–Crippen LogP) is 3.32. The summed E-state index contributed by atoms with van der Waals surface area (Å²) in [5.74, 6) is 0. The van der Waals surface area contributed by atoms with Crippen LogP contribution in [0, 0.1) is 10.1 Å². The highest BCUT2D eigenvalue weighted by atomic mass is 79.9. The van der Waals surface area contributed by atoms with Gasteiger partial charge in [-0.1, -0.05) is 18.2 Å². The van der Waals surface area contributed by atoms with Crippen molar-refractivity contribution in [3.05, 3.63) is 63.1 Å². The molecule has 7 nitrogen and oxygen atoms in total. The second-order valence-electron chi connectivity index (χ2n) is 4.57. The van der Waals surface area contributed by atoms with Crippen molar-refractivity contribution in [3.8, 4) is 0 Å². The molecule has 0 N–H and O–H groups in total. The number of anilines is 1. The highest BCUT2D eigenvalue weighted by Crippen LogP contribution is 2.31. The number of hydrogen-bond donors (Lipinski definition) is 0. The molecule has 24 heavy (non-hydrogen) atoms. The summed E-state index contributed by atoms with van der Waals surface area (Å²) in [6.45, 7) is -0.616. The molecular formula is C14H10BrClN2O5S. The van der Waals surface area contributed by atoms with E-state index in [2.05, 4.69) is 15.9 Å². The Morgan fingerprint density at radius 1 is 1.21 bits per heavy atom. The van der Waals surface area contributed by atoms with Crippen molar-refractivity contribution < 1.29 is 18.1 Å². The lowest BCUT2D eigenvalue weighted by Gasteiger charge is -2.23. The predicted molar refractivity (Wildman–Crippen MR) is 92.6 cm³/mol. The van der Waals surface area contributed by atoms with Gasteiger partial charge in [-0.05, 0) is 45.7 Å². The third-order valence-electron chi connectivity index (χ3n) is 3.01. The fourth-order valence-electron chi connectivity index (χ4n) is 1.95. The number of halogens is 2. The zero-order valence-electron chi connectivity index (χ0n) is 11.9. The lowest BCUT2D eigenvalue weighted by atomic mass is 10.3. The molecule has 0 aliphatic rings. The van der Waals surface area contributed by atoms with Gasteiger partial charge in [-0.15, -0.1) is 0 Å². The van der Waals surface area contributed by atoms with E-state index in [1.807, 2.05) is 0 Å². The monoisotopic (exact) mass is 432 g/mol. The van der Waals surface area contributed by atoms with Crippen molar-refractivity contribution in [2.24, 2.45) is 0 Å². The lowest BCUT2D eigenvalue weighted by Crippen LogP contribution is -2.34. The van der Waals surface area contributed by atoms with Gasteiger partial charge in [-0.3, -0.25) is 19.2 Å². The number of nitro groups is 1. The van der Waals surface area contributed by atoms with E-state index in [0.29, 0.717) is 4.47 Å². The van der Waals surface area contributed by atoms with Crippen LogP contribution in [0.4, 0.5) is 11.4 Å². The number of benzene rings is 2. The Labute approximate surface area is 151 Å². The second-order valence-corrected chi connectivity index (χ2v) is 7.71. The first kappa shape index (κ1) is 18.4. The molecule has 0 aliphatic carbocycles. The van der Waals surface area contributed by atoms with Crippen LogP contribution in [0.25, 0.3) is 0 Å². The number of carbonyl (C=O) groups excluding carboxylic acids is 1. The van der Waals surface area contributed by atoms with Crippen LogP contribution < -0.4 is 4.31 Å². The molecule has 0 unspecified atom stereocenters. The Morgan fingerprint density at radius 2 is 1.88 bits per heavy atom. The largest absolute Gasteiger partial charge is 0.279 e. The Hall–Kier alpha value is -1.97. The van der Waals surface area contributed by atoms with Gasteiger partial charge in [0.05, 0.1) is 15.5 Å². The van der Waals surface area contributed by atoms with Gasteiger partial charge < -0.3 is 0 Å². The van der Waals surface area contributed by atoms with Crippen LogP contribution in [0.5, 0.6) is 0 Å². The Bertz CT molecular complexity index is 904. The van der Waals surface area contributed by atoms with E-state index < -0.39 is 26.7 Å². The summed E-state index contributed by atoms with van der Waals surface area (Å²) < 4.78 is 27.0. The third-order valence-corrected chi connectivity index (χ3v) is 5.55. The van der Waals surface area contributed by atoms with Gasteiger partial charge in [0, 0.05) is 16.6 Å². The molecule has 0 amide bonds. The van der Waals surface area contributed by atoms with Crippen LogP contribution in [-0.4, -0.2) is 25.1 Å². The third kappa shape index (κ3) is 3.92. The topological polar surface area (TPSA) is 97.6 Å².